The number of halogens is 1. The first-order valence-corrected chi connectivity index (χ1v) is 8.73. The first kappa shape index (κ1) is 17.4. The third kappa shape index (κ3) is 3.49. The first-order valence-electron chi connectivity index (χ1n) is 8.73. The van der Waals surface area contributed by atoms with Crippen LogP contribution in [0.25, 0.3) is 11.6 Å². The number of nitrogens with zero attached hydrogens (tertiary/aromatic N) is 5. The Morgan fingerprint density at radius 2 is 1.96 bits per heavy atom. The van der Waals surface area contributed by atoms with Crippen molar-refractivity contribution in [2.45, 2.75) is 39.0 Å². The van der Waals surface area contributed by atoms with Crippen LogP contribution in [0.4, 0.5) is 0 Å². The second-order valence-electron chi connectivity index (χ2n) is 7.09. The Bertz CT molecular complexity index is 672. The molecule has 3 heterocycles. The average Bonchev–Trinajstić information content (AvgIpc) is 2.89. The zero-order chi connectivity index (χ0) is 15.8. The Hall–Kier alpha value is -1.40. The van der Waals surface area contributed by atoms with Gasteiger partial charge in [-0.05, 0) is 44.6 Å². The Kier molecular flexibility index (Phi) is 5.25. The molecule has 1 aliphatic carbocycles. The van der Waals surface area contributed by atoms with Gasteiger partial charge in [-0.2, -0.15) is 0 Å². The van der Waals surface area contributed by atoms with Gasteiger partial charge in [-0.25, -0.2) is 4.98 Å². The van der Waals surface area contributed by atoms with Crippen LogP contribution in [-0.2, 0) is 13.5 Å². The van der Waals surface area contributed by atoms with Gasteiger partial charge in [0.25, 0.3) is 0 Å². The number of rotatable bonds is 7. The normalized spacial score (nSPS) is 22.4. The Morgan fingerprint density at radius 3 is 2.67 bits per heavy atom. The van der Waals surface area contributed by atoms with Crippen LogP contribution in [-0.4, -0.2) is 44.3 Å². The summed E-state index contributed by atoms with van der Waals surface area (Å²) in [5, 5.41) is 8.58. The monoisotopic (exact) mass is 351 g/mol. The second kappa shape index (κ2) is 7.23. The maximum absolute atomic E-state index is 5.42. The summed E-state index contributed by atoms with van der Waals surface area (Å²) >= 11 is 0. The van der Waals surface area contributed by atoms with Gasteiger partial charge >= 0.3 is 0 Å². The molecule has 1 aliphatic heterocycles. The molecule has 0 bridgehead atoms. The number of likely N-dealkylation sites (tertiary alicyclic amines) is 1. The lowest BCUT2D eigenvalue weighted by atomic mass is 10.2. The number of hydrogen-bond acceptors (Lipinski definition) is 5. The molecule has 7 heteroatoms. The summed E-state index contributed by atoms with van der Waals surface area (Å²) in [5.74, 6) is 4.61. The molecule has 2 unspecified atom stereocenters. The van der Waals surface area contributed by atoms with E-state index in [1.54, 1.807) is 0 Å². The molecule has 2 atom stereocenters. The maximum atomic E-state index is 5.42. The van der Waals surface area contributed by atoms with E-state index in [-0.39, 0.29) is 12.4 Å². The standard InChI is InChI=1S/C17H25N5O.ClH/c1-12-16(23-11-18-12)17-20-19-15(21(17)2)6-4-3-5-7-22-9-13-8-14(13)10-22;/h11,13-14H,3-10H2,1-2H3;1H. The van der Waals surface area contributed by atoms with Crippen molar-refractivity contribution in [3.8, 4) is 11.6 Å². The Labute approximate surface area is 149 Å². The van der Waals surface area contributed by atoms with Crippen LogP contribution in [0.3, 0.4) is 0 Å². The minimum absolute atomic E-state index is 0. The van der Waals surface area contributed by atoms with Gasteiger partial charge in [0.2, 0.25) is 5.82 Å². The summed E-state index contributed by atoms with van der Waals surface area (Å²) in [4.78, 5) is 6.77. The lowest BCUT2D eigenvalue weighted by Gasteiger charge is -2.16. The van der Waals surface area contributed by atoms with E-state index in [2.05, 4.69) is 20.1 Å². The maximum Gasteiger partial charge on any atom is 0.201 e. The van der Waals surface area contributed by atoms with Crippen LogP contribution in [0.5, 0.6) is 0 Å². The molecular formula is C17H26ClN5O. The number of piperidine rings is 1. The number of oxazole rings is 1. The van der Waals surface area contributed by atoms with E-state index in [1.165, 1.54) is 51.7 Å². The van der Waals surface area contributed by atoms with Crippen LogP contribution < -0.4 is 0 Å². The Balaban J connectivity index is 0.00000169. The molecule has 1 saturated heterocycles. The van der Waals surface area contributed by atoms with Crippen LogP contribution in [0.2, 0.25) is 0 Å². The highest BCUT2D eigenvalue weighted by molar-refractivity contribution is 5.85. The smallest absolute Gasteiger partial charge is 0.201 e. The van der Waals surface area contributed by atoms with Gasteiger partial charge < -0.3 is 13.9 Å². The number of fused-ring (bicyclic) bond motifs is 1. The molecule has 0 amide bonds. The van der Waals surface area contributed by atoms with Crippen LogP contribution in [0.15, 0.2) is 10.8 Å². The minimum Gasteiger partial charge on any atom is -0.440 e. The van der Waals surface area contributed by atoms with E-state index >= 15 is 0 Å². The molecule has 0 aromatic carbocycles. The van der Waals surface area contributed by atoms with Gasteiger partial charge in [0, 0.05) is 26.6 Å². The third-order valence-electron chi connectivity index (χ3n) is 5.34. The fourth-order valence-electron chi connectivity index (χ4n) is 3.77. The molecule has 2 aromatic rings. The quantitative estimate of drug-likeness (QED) is 0.718. The third-order valence-corrected chi connectivity index (χ3v) is 5.34. The Morgan fingerprint density at radius 1 is 1.17 bits per heavy atom. The van der Waals surface area contributed by atoms with E-state index in [1.807, 2.05) is 18.5 Å². The predicted octanol–water partition coefficient (Wildman–Crippen LogP) is 2.86. The first-order chi connectivity index (χ1) is 11.2. The fourth-order valence-corrected chi connectivity index (χ4v) is 3.77. The van der Waals surface area contributed by atoms with Crippen molar-refractivity contribution in [3.63, 3.8) is 0 Å². The molecule has 2 fully saturated rings. The van der Waals surface area contributed by atoms with E-state index in [9.17, 15) is 0 Å². The average molecular weight is 352 g/mol. The van der Waals surface area contributed by atoms with Gasteiger partial charge in [-0.3, -0.25) is 0 Å². The summed E-state index contributed by atoms with van der Waals surface area (Å²) < 4.78 is 7.45. The molecule has 6 nitrogen and oxygen atoms in total. The van der Waals surface area contributed by atoms with Crippen molar-refractivity contribution in [1.29, 1.82) is 0 Å². The van der Waals surface area contributed by atoms with Gasteiger partial charge in [-0.1, -0.05) is 6.42 Å². The summed E-state index contributed by atoms with van der Waals surface area (Å²) in [7, 11) is 2.00. The van der Waals surface area contributed by atoms with E-state index < -0.39 is 0 Å². The zero-order valence-electron chi connectivity index (χ0n) is 14.4. The minimum atomic E-state index is 0. The highest BCUT2D eigenvalue weighted by atomic mass is 35.5. The van der Waals surface area contributed by atoms with E-state index in [0.717, 1.165) is 41.4 Å². The predicted molar refractivity (Wildman–Crippen MR) is 94.1 cm³/mol. The van der Waals surface area contributed by atoms with Gasteiger partial charge in [0.15, 0.2) is 12.2 Å². The highest BCUT2D eigenvalue weighted by Gasteiger charge is 2.44. The molecule has 4 rings (SSSR count). The number of hydrogen-bond donors (Lipinski definition) is 0. The van der Waals surface area contributed by atoms with Crippen molar-refractivity contribution in [1.82, 2.24) is 24.6 Å². The number of aryl methyl sites for hydroxylation is 2. The molecule has 24 heavy (non-hydrogen) atoms. The number of aromatic nitrogens is 4. The second-order valence-corrected chi connectivity index (χ2v) is 7.09. The van der Waals surface area contributed by atoms with Crippen molar-refractivity contribution >= 4 is 12.4 Å². The van der Waals surface area contributed by atoms with Gasteiger partial charge in [0.1, 0.15) is 5.82 Å². The van der Waals surface area contributed by atoms with Crippen molar-refractivity contribution < 1.29 is 4.42 Å². The molecular weight excluding hydrogens is 326 g/mol. The van der Waals surface area contributed by atoms with Crippen LogP contribution in [0, 0.1) is 18.8 Å². The van der Waals surface area contributed by atoms with Crippen molar-refractivity contribution in [3.05, 3.63) is 17.9 Å². The number of unbranched alkanes of at least 4 members (excludes halogenated alkanes) is 2. The van der Waals surface area contributed by atoms with Crippen molar-refractivity contribution in [2.75, 3.05) is 19.6 Å². The summed E-state index contributed by atoms with van der Waals surface area (Å²) in [6, 6.07) is 0. The van der Waals surface area contributed by atoms with Crippen molar-refractivity contribution in [2.24, 2.45) is 18.9 Å². The molecule has 0 spiro atoms. The summed E-state index contributed by atoms with van der Waals surface area (Å²) in [6.45, 7) is 5.91. The lowest BCUT2D eigenvalue weighted by Crippen LogP contribution is -2.23. The molecule has 1 saturated carbocycles. The van der Waals surface area contributed by atoms with E-state index in [0.29, 0.717) is 0 Å². The molecule has 0 N–H and O–H groups in total. The van der Waals surface area contributed by atoms with Crippen LogP contribution >= 0.6 is 12.4 Å². The SMILES string of the molecule is Cc1ncoc1-c1nnc(CCCCCN2CC3CC3C2)n1C.Cl. The molecule has 2 aliphatic rings. The van der Waals surface area contributed by atoms with E-state index in [4.69, 9.17) is 4.42 Å². The zero-order valence-corrected chi connectivity index (χ0v) is 15.3. The topological polar surface area (TPSA) is 60.0 Å². The summed E-state index contributed by atoms with van der Waals surface area (Å²) in [5.41, 5.74) is 0.857. The molecule has 0 radical (unpaired) electrons. The molecule has 132 valence electrons. The fraction of sp³-hybridized carbons (Fsp3) is 0.706. The van der Waals surface area contributed by atoms with Gasteiger partial charge in [0.05, 0.1) is 5.69 Å². The summed E-state index contributed by atoms with van der Waals surface area (Å²) in [6.07, 6.45) is 7.65. The molecule has 2 aromatic heterocycles. The van der Waals surface area contributed by atoms with Crippen LogP contribution in [0.1, 0.15) is 37.2 Å². The lowest BCUT2D eigenvalue weighted by molar-refractivity contribution is 0.297. The highest BCUT2D eigenvalue weighted by Crippen LogP contribution is 2.44. The largest absolute Gasteiger partial charge is 0.440 e. The van der Waals surface area contributed by atoms with Gasteiger partial charge in [-0.15, -0.1) is 22.6 Å².